The fourth-order valence-electron chi connectivity index (χ4n) is 4.36. The molecule has 1 aliphatic carbocycles. The molecule has 1 aromatic rings. The van der Waals surface area contributed by atoms with Crippen molar-refractivity contribution < 1.29 is 4.79 Å². The Hall–Kier alpha value is -1.06. The molecule has 1 saturated heterocycles. The minimum atomic E-state index is 0. The molecule has 22 heavy (non-hydrogen) atoms. The van der Waals surface area contributed by atoms with Crippen LogP contribution in [0.1, 0.15) is 46.3 Å². The van der Waals surface area contributed by atoms with Crippen molar-refractivity contribution in [3.05, 3.63) is 34.4 Å². The summed E-state index contributed by atoms with van der Waals surface area (Å²) < 4.78 is 0. The lowest BCUT2D eigenvalue weighted by Crippen LogP contribution is -2.38. The number of carbonyl (C=O) groups excluding carboxylic acids is 1. The van der Waals surface area contributed by atoms with E-state index in [1.54, 1.807) is 0 Å². The fourth-order valence-corrected chi connectivity index (χ4v) is 4.36. The van der Waals surface area contributed by atoms with Crippen LogP contribution in [0, 0.1) is 32.6 Å². The SMILES string of the molecule is Cc1cc(C)c(C(=O)N2CC3CCCC(N)C3C2)c(C)c1.Cl. The first kappa shape index (κ1) is 17.3. The van der Waals surface area contributed by atoms with Crippen LogP contribution in [0.5, 0.6) is 0 Å². The Morgan fingerprint density at radius 2 is 1.77 bits per heavy atom. The Labute approximate surface area is 139 Å². The number of hydrogen-bond acceptors (Lipinski definition) is 2. The van der Waals surface area contributed by atoms with E-state index in [9.17, 15) is 4.79 Å². The Bertz CT molecular complexity index is 549. The molecule has 4 heteroatoms. The van der Waals surface area contributed by atoms with Gasteiger partial charge in [-0.15, -0.1) is 12.4 Å². The zero-order chi connectivity index (χ0) is 15.1. The van der Waals surface area contributed by atoms with Gasteiger partial charge in [-0.25, -0.2) is 0 Å². The van der Waals surface area contributed by atoms with Gasteiger partial charge in [0.2, 0.25) is 0 Å². The zero-order valence-electron chi connectivity index (χ0n) is 13.8. The molecule has 0 bridgehead atoms. The van der Waals surface area contributed by atoms with Gasteiger partial charge in [-0.3, -0.25) is 4.79 Å². The summed E-state index contributed by atoms with van der Waals surface area (Å²) in [6.45, 7) is 7.91. The van der Waals surface area contributed by atoms with Crippen LogP contribution in [0.2, 0.25) is 0 Å². The first-order valence-electron chi connectivity index (χ1n) is 8.10. The topological polar surface area (TPSA) is 46.3 Å². The number of benzene rings is 1. The second kappa shape index (κ2) is 6.59. The fraction of sp³-hybridized carbons (Fsp3) is 0.611. The highest BCUT2D eigenvalue weighted by Gasteiger charge is 2.40. The van der Waals surface area contributed by atoms with E-state index < -0.39 is 0 Å². The third-order valence-corrected chi connectivity index (χ3v) is 5.33. The molecular weight excluding hydrogens is 296 g/mol. The number of hydrogen-bond donors (Lipinski definition) is 1. The Morgan fingerprint density at radius 3 is 2.36 bits per heavy atom. The lowest BCUT2D eigenvalue weighted by atomic mass is 9.78. The van der Waals surface area contributed by atoms with Crippen LogP contribution in [0.4, 0.5) is 0 Å². The van der Waals surface area contributed by atoms with E-state index in [4.69, 9.17) is 5.73 Å². The molecule has 1 saturated carbocycles. The van der Waals surface area contributed by atoms with E-state index in [-0.39, 0.29) is 24.4 Å². The first-order valence-corrected chi connectivity index (χ1v) is 8.10. The van der Waals surface area contributed by atoms with E-state index in [0.717, 1.165) is 36.2 Å². The first-order chi connectivity index (χ1) is 9.97. The molecule has 0 radical (unpaired) electrons. The van der Waals surface area contributed by atoms with Crippen molar-refractivity contribution in [3.8, 4) is 0 Å². The molecular formula is C18H27ClN2O. The van der Waals surface area contributed by atoms with Crippen LogP contribution >= 0.6 is 12.4 Å². The third-order valence-electron chi connectivity index (χ3n) is 5.33. The van der Waals surface area contributed by atoms with Gasteiger partial charge in [0.05, 0.1) is 0 Å². The van der Waals surface area contributed by atoms with Crippen LogP contribution in [0.15, 0.2) is 12.1 Å². The number of nitrogens with two attached hydrogens (primary N) is 1. The average molecular weight is 323 g/mol. The predicted octanol–water partition coefficient (Wildman–Crippen LogP) is 3.23. The number of aryl methyl sites for hydroxylation is 3. The van der Waals surface area contributed by atoms with Crippen LogP contribution in [-0.2, 0) is 0 Å². The molecule has 1 aromatic carbocycles. The summed E-state index contributed by atoms with van der Waals surface area (Å²) in [5.74, 6) is 1.32. The summed E-state index contributed by atoms with van der Waals surface area (Å²) in [6.07, 6.45) is 3.56. The summed E-state index contributed by atoms with van der Waals surface area (Å²) in [7, 11) is 0. The maximum atomic E-state index is 12.9. The molecule has 1 amide bonds. The number of likely N-dealkylation sites (tertiary alicyclic amines) is 1. The number of rotatable bonds is 1. The summed E-state index contributed by atoms with van der Waals surface area (Å²) in [4.78, 5) is 15.0. The van der Waals surface area contributed by atoms with Crippen LogP contribution in [-0.4, -0.2) is 29.9 Å². The van der Waals surface area contributed by atoms with Crippen LogP contribution in [0.3, 0.4) is 0 Å². The van der Waals surface area contributed by atoms with Crippen molar-refractivity contribution in [1.29, 1.82) is 0 Å². The van der Waals surface area contributed by atoms with Gasteiger partial charge >= 0.3 is 0 Å². The number of halogens is 1. The Morgan fingerprint density at radius 1 is 1.14 bits per heavy atom. The van der Waals surface area contributed by atoms with Crippen LogP contribution < -0.4 is 5.73 Å². The van der Waals surface area contributed by atoms with Gasteiger partial charge in [-0.05, 0) is 56.6 Å². The van der Waals surface area contributed by atoms with Crippen LogP contribution in [0.25, 0.3) is 0 Å². The lowest BCUT2D eigenvalue weighted by Gasteiger charge is -2.29. The summed E-state index contributed by atoms with van der Waals surface area (Å²) in [5, 5.41) is 0. The molecule has 3 nitrogen and oxygen atoms in total. The number of nitrogens with zero attached hydrogens (tertiary/aromatic N) is 1. The van der Waals surface area contributed by atoms with Gasteiger partial charge in [-0.2, -0.15) is 0 Å². The standard InChI is InChI=1S/C18H26N2O.ClH/c1-11-7-12(2)17(13(3)8-11)18(21)20-9-14-5-4-6-16(19)15(14)10-20;/h7-8,14-16H,4-6,9-10,19H2,1-3H3;1H. The molecule has 0 spiro atoms. The maximum Gasteiger partial charge on any atom is 0.254 e. The van der Waals surface area contributed by atoms with Gasteiger partial charge in [0.25, 0.3) is 5.91 Å². The highest BCUT2D eigenvalue weighted by Crippen LogP contribution is 2.36. The molecule has 2 fully saturated rings. The monoisotopic (exact) mass is 322 g/mol. The van der Waals surface area contributed by atoms with E-state index >= 15 is 0 Å². The minimum Gasteiger partial charge on any atom is -0.338 e. The Balaban J connectivity index is 0.00000176. The normalized spacial score (nSPS) is 27.3. The summed E-state index contributed by atoms with van der Waals surface area (Å²) in [6, 6.07) is 4.49. The van der Waals surface area contributed by atoms with Crippen molar-refractivity contribution in [3.63, 3.8) is 0 Å². The average Bonchev–Trinajstić information content (AvgIpc) is 2.82. The molecule has 122 valence electrons. The van der Waals surface area contributed by atoms with Crippen molar-refractivity contribution >= 4 is 18.3 Å². The Kier molecular flexibility index (Phi) is 5.18. The second-order valence-electron chi connectivity index (χ2n) is 7.00. The van der Waals surface area contributed by atoms with Gasteiger partial charge in [0.1, 0.15) is 0 Å². The van der Waals surface area contributed by atoms with Gasteiger partial charge in [-0.1, -0.05) is 24.1 Å². The van der Waals surface area contributed by atoms with E-state index in [1.165, 1.54) is 18.4 Å². The highest BCUT2D eigenvalue weighted by atomic mass is 35.5. The maximum absolute atomic E-state index is 12.9. The smallest absolute Gasteiger partial charge is 0.254 e. The van der Waals surface area contributed by atoms with E-state index in [2.05, 4.69) is 19.1 Å². The minimum absolute atomic E-state index is 0. The second-order valence-corrected chi connectivity index (χ2v) is 7.00. The molecule has 1 aliphatic heterocycles. The van der Waals surface area contributed by atoms with Crippen molar-refractivity contribution in [1.82, 2.24) is 4.90 Å². The highest BCUT2D eigenvalue weighted by molar-refractivity contribution is 5.97. The van der Waals surface area contributed by atoms with Crippen molar-refractivity contribution in [2.24, 2.45) is 17.6 Å². The van der Waals surface area contributed by atoms with Crippen molar-refractivity contribution in [2.75, 3.05) is 13.1 Å². The number of carbonyl (C=O) groups is 1. The van der Waals surface area contributed by atoms with Gasteiger partial charge < -0.3 is 10.6 Å². The lowest BCUT2D eigenvalue weighted by molar-refractivity contribution is 0.0782. The molecule has 2 aliphatic rings. The van der Waals surface area contributed by atoms with Gasteiger partial charge in [0, 0.05) is 24.7 Å². The van der Waals surface area contributed by atoms with E-state index in [1.807, 2.05) is 18.7 Å². The van der Waals surface area contributed by atoms with Gasteiger partial charge in [0.15, 0.2) is 0 Å². The van der Waals surface area contributed by atoms with Crippen molar-refractivity contribution in [2.45, 2.75) is 46.1 Å². The molecule has 3 atom stereocenters. The summed E-state index contributed by atoms with van der Waals surface area (Å²) >= 11 is 0. The summed E-state index contributed by atoms with van der Waals surface area (Å²) in [5.41, 5.74) is 10.6. The molecule has 1 heterocycles. The third kappa shape index (κ3) is 3.02. The zero-order valence-corrected chi connectivity index (χ0v) is 14.6. The number of amides is 1. The molecule has 3 rings (SSSR count). The van der Waals surface area contributed by atoms with E-state index in [0.29, 0.717) is 11.8 Å². The molecule has 3 unspecified atom stereocenters. The molecule has 0 aromatic heterocycles. The quantitative estimate of drug-likeness (QED) is 0.862. The largest absolute Gasteiger partial charge is 0.338 e. The molecule has 2 N–H and O–H groups in total. The predicted molar refractivity (Wildman–Crippen MR) is 92.6 cm³/mol. The number of fused-ring (bicyclic) bond motifs is 1.